The molecule has 1 amide bonds. The minimum absolute atomic E-state index is 0.0447. The van der Waals surface area contributed by atoms with Gasteiger partial charge in [-0.3, -0.25) is 14.7 Å². The molecule has 332 valence electrons. The molecule has 3 aromatic carbocycles. The molecule has 7 rings (SSSR count). The highest BCUT2D eigenvalue weighted by Gasteiger charge is 2.60. The number of halogens is 4. The Morgan fingerprint density at radius 1 is 0.968 bits per heavy atom. The summed E-state index contributed by atoms with van der Waals surface area (Å²) in [7, 11) is 1.16. The highest BCUT2D eigenvalue weighted by atomic mass is 35.5. The van der Waals surface area contributed by atoms with Crippen LogP contribution < -0.4 is 19.7 Å². The average molecular weight is 874 g/mol. The van der Waals surface area contributed by atoms with Gasteiger partial charge in [-0.1, -0.05) is 67.9 Å². The van der Waals surface area contributed by atoms with Gasteiger partial charge in [0.25, 0.3) is 0 Å². The molecule has 0 aliphatic heterocycles. The molecule has 1 heterocycles. The molecule has 8 nitrogen and oxygen atoms in total. The van der Waals surface area contributed by atoms with Crippen molar-refractivity contribution in [1.82, 2.24) is 10.3 Å². The van der Waals surface area contributed by atoms with Crippen molar-refractivity contribution in [1.29, 1.82) is 0 Å². The first-order valence-corrected chi connectivity index (χ1v) is 22.6. The van der Waals surface area contributed by atoms with Gasteiger partial charge in [-0.15, -0.1) is 0 Å². The number of methoxy groups -OCH3 is 1. The predicted molar refractivity (Wildman–Crippen MR) is 236 cm³/mol. The van der Waals surface area contributed by atoms with E-state index in [9.17, 15) is 22.8 Å². The summed E-state index contributed by atoms with van der Waals surface area (Å²) in [6.45, 7) is 7.17. The summed E-state index contributed by atoms with van der Waals surface area (Å²) in [6.07, 6.45) is 4.78. The second kappa shape index (κ2) is 19.8. The molecular weight excluding hydrogens is 815 g/mol. The van der Waals surface area contributed by atoms with E-state index in [4.69, 9.17) is 25.8 Å². The molecule has 1 spiro atoms. The van der Waals surface area contributed by atoms with E-state index in [1.807, 2.05) is 24.4 Å². The molecule has 1 fully saturated rings. The number of anilines is 1. The first-order chi connectivity index (χ1) is 29.8. The van der Waals surface area contributed by atoms with E-state index in [2.05, 4.69) is 60.5 Å². The van der Waals surface area contributed by atoms with Gasteiger partial charge >= 0.3 is 18.1 Å². The third kappa shape index (κ3) is 9.94. The molecule has 3 aliphatic carbocycles. The molecule has 62 heavy (non-hydrogen) atoms. The molecule has 0 saturated heterocycles. The zero-order valence-electron chi connectivity index (χ0n) is 36.1. The number of amides is 1. The van der Waals surface area contributed by atoms with E-state index in [-0.39, 0.29) is 35.4 Å². The Kier molecular flexibility index (Phi) is 14.5. The number of fused-ring (bicyclic) bond motifs is 3. The van der Waals surface area contributed by atoms with Gasteiger partial charge in [0.1, 0.15) is 17.0 Å². The third-order valence-corrected chi connectivity index (χ3v) is 13.8. The maximum Gasteiger partial charge on any atom is 0.471 e. The predicted octanol–water partition coefficient (Wildman–Crippen LogP) is 10.8. The first-order valence-electron chi connectivity index (χ1n) is 22.2. The van der Waals surface area contributed by atoms with Crippen LogP contribution in [0.25, 0.3) is 0 Å². The Labute approximate surface area is 368 Å². The first kappa shape index (κ1) is 45.4. The van der Waals surface area contributed by atoms with Gasteiger partial charge in [0, 0.05) is 28.2 Å². The highest BCUT2D eigenvalue weighted by Crippen LogP contribution is 2.58. The van der Waals surface area contributed by atoms with Crippen molar-refractivity contribution in [2.75, 3.05) is 38.3 Å². The van der Waals surface area contributed by atoms with Crippen LogP contribution in [0.3, 0.4) is 0 Å². The molecule has 1 saturated carbocycles. The van der Waals surface area contributed by atoms with Gasteiger partial charge in [-0.25, -0.2) is 4.79 Å². The fourth-order valence-corrected chi connectivity index (χ4v) is 10.7. The standard InChI is InChI=1S/C50H59ClF3N3O5/c1-34(33-62-44-20-27-56-43-17-7-11-35(2)45(43)44)29-38-30-37-18-19-41(61-28-10-26-55-25-9-14-36-12-5-4-6-13-36)32-42(37)48(38)21-23-49(24-22-48,47(59)60-3)57(46(58)50(52,53)54)40-16-8-15-39(51)31-40/h4-6,8,12-13,15-16,18-20,27,31-32,34-35,38,55H,7,9-11,14,17,21-26,28-30,33H2,1-3H3/t34-,35-,38+,48?,49?/m1/s1. The van der Waals surface area contributed by atoms with Crippen LogP contribution in [0.4, 0.5) is 18.9 Å². The van der Waals surface area contributed by atoms with Gasteiger partial charge < -0.3 is 19.5 Å². The number of carbonyl (C=O) groups is 2. The Bertz CT molecular complexity index is 2160. The third-order valence-electron chi connectivity index (χ3n) is 13.6. The van der Waals surface area contributed by atoms with Crippen LogP contribution in [-0.4, -0.2) is 62.0 Å². The molecule has 1 N–H and O–H groups in total. The number of nitrogens with one attached hydrogen (secondary N) is 1. The number of aromatic nitrogens is 1. The lowest BCUT2D eigenvalue weighted by molar-refractivity contribution is -0.174. The van der Waals surface area contributed by atoms with Crippen molar-refractivity contribution in [3.05, 3.63) is 118 Å². The minimum Gasteiger partial charge on any atom is -0.494 e. The summed E-state index contributed by atoms with van der Waals surface area (Å²) in [4.78, 5) is 32.6. The Morgan fingerprint density at radius 2 is 1.74 bits per heavy atom. The van der Waals surface area contributed by atoms with E-state index in [1.54, 1.807) is 0 Å². The van der Waals surface area contributed by atoms with Crippen LogP contribution in [0.15, 0.2) is 85.1 Å². The zero-order valence-corrected chi connectivity index (χ0v) is 36.8. The summed E-state index contributed by atoms with van der Waals surface area (Å²) in [5.74, 6) is -0.809. The summed E-state index contributed by atoms with van der Waals surface area (Å²) in [5, 5.41) is 3.66. The van der Waals surface area contributed by atoms with Crippen LogP contribution in [0, 0.1) is 11.8 Å². The Hall–Kier alpha value is -4.61. The summed E-state index contributed by atoms with van der Waals surface area (Å²) < 4.78 is 61.6. The van der Waals surface area contributed by atoms with Crippen molar-refractivity contribution in [3.8, 4) is 11.5 Å². The van der Waals surface area contributed by atoms with Gasteiger partial charge in [-0.2, -0.15) is 13.2 Å². The fourth-order valence-electron chi connectivity index (χ4n) is 10.5. The van der Waals surface area contributed by atoms with Crippen molar-refractivity contribution < 1.29 is 37.0 Å². The van der Waals surface area contributed by atoms with Crippen LogP contribution in [0.1, 0.15) is 106 Å². The number of esters is 1. The van der Waals surface area contributed by atoms with Crippen LogP contribution in [-0.2, 0) is 39.0 Å². The number of nitrogens with zero attached hydrogens (tertiary/aromatic N) is 2. The van der Waals surface area contributed by atoms with Gasteiger partial charge in [0.05, 0.1) is 20.3 Å². The lowest BCUT2D eigenvalue weighted by Gasteiger charge is -2.51. The van der Waals surface area contributed by atoms with Crippen LogP contribution in [0.2, 0.25) is 5.02 Å². The molecule has 1 aromatic heterocycles. The van der Waals surface area contributed by atoms with Crippen LogP contribution >= 0.6 is 11.6 Å². The van der Waals surface area contributed by atoms with E-state index in [1.165, 1.54) is 35.4 Å². The number of hydrogen-bond acceptors (Lipinski definition) is 7. The van der Waals surface area contributed by atoms with Crippen molar-refractivity contribution in [2.24, 2.45) is 11.8 Å². The largest absolute Gasteiger partial charge is 0.494 e. The summed E-state index contributed by atoms with van der Waals surface area (Å²) >= 11 is 6.28. The van der Waals surface area contributed by atoms with Gasteiger partial charge in [-0.05, 0) is 166 Å². The number of hydrogen-bond donors (Lipinski definition) is 1. The normalized spacial score (nSPS) is 22.4. The van der Waals surface area contributed by atoms with Gasteiger partial charge in [0.2, 0.25) is 0 Å². The maximum absolute atomic E-state index is 14.5. The van der Waals surface area contributed by atoms with Crippen LogP contribution in [0.5, 0.6) is 11.5 Å². The zero-order chi connectivity index (χ0) is 43.9. The summed E-state index contributed by atoms with van der Waals surface area (Å²) in [5.41, 5.74) is 3.37. The second-order valence-electron chi connectivity index (χ2n) is 17.7. The molecular formula is C50H59ClF3N3O5. The van der Waals surface area contributed by atoms with Crippen molar-refractivity contribution in [2.45, 2.75) is 114 Å². The monoisotopic (exact) mass is 873 g/mol. The Morgan fingerprint density at radius 3 is 2.48 bits per heavy atom. The van der Waals surface area contributed by atoms with E-state index in [0.29, 0.717) is 36.9 Å². The average Bonchev–Trinajstić information content (AvgIpc) is 3.55. The van der Waals surface area contributed by atoms with Crippen molar-refractivity contribution >= 4 is 29.2 Å². The molecule has 4 aromatic rings. The van der Waals surface area contributed by atoms with E-state index < -0.39 is 29.0 Å². The number of ether oxygens (including phenoxy) is 3. The molecule has 3 atom stereocenters. The smallest absolute Gasteiger partial charge is 0.471 e. The Balaban J connectivity index is 1.11. The fraction of sp³-hybridized carbons (Fsp3) is 0.500. The van der Waals surface area contributed by atoms with Gasteiger partial charge in [0.15, 0.2) is 0 Å². The quantitative estimate of drug-likeness (QED) is 0.0835. The van der Waals surface area contributed by atoms with Crippen molar-refractivity contribution in [3.63, 3.8) is 0 Å². The molecule has 0 unspecified atom stereocenters. The number of pyridine rings is 1. The van der Waals surface area contributed by atoms with E-state index in [0.717, 1.165) is 99.9 Å². The number of carbonyl (C=O) groups excluding carboxylic acids is 2. The molecule has 12 heteroatoms. The lowest BCUT2D eigenvalue weighted by atomic mass is 9.59. The lowest BCUT2D eigenvalue weighted by Crippen LogP contribution is -2.63. The molecule has 0 bridgehead atoms. The second-order valence-corrected chi connectivity index (χ2v) is 18.1. The minimum atomic E-state index is -5.26. The van der Waals surface area contributed by atoms with E-state index >= 15 is 0 Å². The SMILES string of the molecule is COC(=O)C1(N(C(=O)C(F)(F)F)c2cccc(Cl)c2)CCC2(CC1)c1cc(OCCCNCCCc3ccccc3)ccc1C[C@@H]2C[C@@H](C)COc1ccnc2c1[C@H](C)CCC2. The number of benzene rings is 3. The highest BCUT2D eigenvalue weighted by molar-refractivity contribution is 6.31. The number of aryl methyl sites for hydroxylation is 2. The topological polar surface area (TPSA) is 90.0 Å². The molecule has 3 aliphatic rings. The molecule has 0 radical (unpaired) electrons. The maximum atomic E-state index is 14.5. The summed E-state index contributed by atoms with van der Waals surface area (Å²) in [6, 6.07) is 24.3. The number of alkyl halides is 3. The number of rotatable bonds is 17.